The van der Waals surface area contributed by atoms with Crippen LogP contribution < -0.4 is 10.6 Å². The molecule has 1 aliphatic rings. The summed E-state index contributed by atoms with van der Waals surface area (Å²) in [5.41, 5.74) is 0.528. The van der Waals surface area contributed by atoms with E-state index in [4.69, 9.17) is 11.6 Å². The van der Waals surface area contributed by atoms with Crippen molar-refractivity contribution < 1.29 is 14.4 Å². The third kappa shape index (κ3) is 3.56. The number of Topliss-reactive ketones (excluding diaryl/α,β-unsaturated/α-hetero) is 1. The van der Waals surface area contributed by atoms with Crippen LogP contribution in [0, 0.1) is 5.41 Å². The topological polar surface area (TPSA) is 75.3 Å². The minimum absolute atomic E-state index is 0.0457. The highest BCUT2D eigenvalue weighted by molar-refractivity contribution is 6.34. The first kappa shape index (κ1) is 17.2. The maximum absolute atomic E-state index is 12.6. The van der Waals surface area contributed by atoms with E-state index in [-0.39, 0.29) is 17.6 Å². The van der Waals surface area contributed by atoms with Gasteiger partial charge in [0, 0.05) is 11.3 Å². The smallest absolute Gasteiger partial charge is 0.240 e. The molecule has 1 saturated carbocycles. The molecule has 0 heterocycles. The van der Waals surface area contributed by atoms with Crippen LogP contribution in [0.2, 0.25) is 5.02 Å². The van der Waals surface area contributed by atoms with E-state index >= 15 is 0 Å². The van der Waals surface area contributed by atoms with Crippen molar-refractivity contribution in [2.75, 3.05) is 10.6 Å². The summed E-state index contributed by atoms with van der Waals surface area (Å²) in [7, 11) is 0. The normalized spacial score (nSPS) is 14.5. The van der Waals surface area contributed by atoms with Crippen LogP contribution in [-0.4, -0.2) is 17.6 Å². The molecular formula is C19H17ClN2O3. The van der Waals surface area contributed by atoms with Gasteiger partial charge in [0.05, 0.1) is 10.7 Å². The Labute approximate surface area is 150 Å². The molecule has 0 unspecified atom stereocenters. The van der Waals surface area contributed by atoms with Crippen LogP contribution in [0.5, 0.6) is 0 Å². The number of carbonyl (C=O) groups is 3. The summed E-state index contributed by atoms with van der Waals surface area (Å²) in [5, 5.41) is 5.90. The lowest BCUT2D eigenvalue weighted by Gasteiger charge is -2.16. The van der Waals surface area contributed by atoms with Crippen LogP contribution in [0.3, 0.4) is 0 Å². The van der Waals surface area contributed by atoms with Gasteiger partial charge in [-0.1, -0.05) is 23.7 Å². The minimum atomic E-state index is -1.07. The second kappa shape index (κ2) is 6.69. The summed E-state index contributed by atoms with van der Waals surface area (Å²) in [6, 6.07) is 13.5. The average molecular weight is 357 g/mol. The maximum Gasteiger partial charge on any atom is 0.240 e. The quantitative estimate of drug-likeness (QED) is 0.630. The first-order valence-corrected chi connectivity index (χ1v) is 8.29. The molecular weight excluding hydrogens is 340 g/mol. The second-order valence-corrected chi connectivity index (χ2v) is 6.51. The van der Waals surface area contributed by atoms with Gasteiger partial charge in [0.1, 0.15) is 5.41 Å². The highest BCUT2D eigenvalue weighted by atomic mass is 35.5. The zero-order valence-corrected chi connectivity index (χ0v) is 14.4. The first-order chi connectivity index (χ1) is 11.9. The molecule has 2 amide bonds. The van der Waals surface area contributed by atoms with E-state index in [1.807, 2.05) is 0 Å². The van der Waals surface area contributed by atoms with Gasteiger partial charge in [-0.25, -0.2) is 0 Å². The fourth-order valence-electron chi connectivity index (χ4n) is 2.53. The lowest BCUT2D eigenvalue weighted by molar-refractivity contribution is -0.131. The van der Waals surface area contributed by atoms with Crippen molar-refractivity contribution in [2.45, 2.75) is 19.8 Å². The number of benzene rings is 2. The third-order valence-corrected chi connectivity index (χ3v) is 4.62. The fourth-order valence-corrected chi connectivity index (χ4v) is 2.71. The van der Waals surface area contributed by atoms with Gasteiger partial charge < -0.3 is 10.6 Å². The number of anilines is 2. The number of para-hydroxylation sites is 1. The monoisotopic (exact) mass is 356 g/mol. The molecule has 2 N–H and O–H groups in total. The minimum Gasteiger partial charge on any atom is -0.325 e. The van der Waals surface area contributed by atoms with Gasteiger partial charge in [-0.05, 0) is 56.2 Å². The molecule has 1 aliphatic carbocycles. The molecule has 0 aromatic heterocycles. The fraction of sp³-hybridized carbons (Fsp3) is 0.211. The lowest BCUT2D eigenvalue weighted by atomic mass is 10.0. The zero-order valence-electron chi connectivity index (χ0n) is 13.6. The summed E-state index contributed by atoms with van der Waals surface area (Å²) >= 11 is 6.05. The van der Waals surface area contributed by atoms with E-state index in [0.29, 0.717) is 34.8 Å². The predicted molar refractivity (Wildman–Crippen MR) is 96.8 cm³/mol. The Kier molecular flexibility index (Phi) is 4.59. The Balaban J connectivity index is 1.69. The van der Waals surface area contributed by atoms with Crippen LogP contribution in [0.4, 0.5) is 11.4 Å². The number of amides is 2. The molecule has 0 spiro atoms. The van der Waals surface area contributed by atoms with Crippen LogP contribution in [0.25, 0.3) is 0 Å². The molecule has 2 aromatic carbocycles. The zero-order chi connectivity index (χ0) is 18.0. The van der Waals surface area contributed by atoms with E-state index in [9.17, 15) is 14.4 Å². The van der Waals surface area contributed by atoms with Crippen LogP contribution >= 0.6 is 11.6 Å². The van der Waals surface area contributed by atoms with E-state index < -0.39 is 5.41 Å². The number of hydrogen-bond acceptors (Lipinski definition) is 3. The number of ketones is 1. The average Bonchev–Trinajstić information content (AvgIpc) is 3.39. The standard InChI is InChI=1S/C19H17ClN2O3/c1-12(23)13-6-8-14(9-7-13)21-17(24)19(10-11-19)18(25)22-16-5-3-2-4-15(16)20/h2-9H,10-11H2,1H3,(H,21,24)(H,22,25). The molecule has 2 aromatic rings. The molecule has 0 atom stereocenters. The number of carbonyl (C=O) groups excluding carboxylic acids is 3. The summed E-state index contributed by atoms with van der Waals surface area (Å²) < 4.78 is 0. The third-order valence-electron chi connectivity index (χ3n) is 4.29. The Morgan fingerprint density at radius 1 is 0.920 bits per heavy atom. The van der Waals surface area contributed by atoms with Crippen molar-refractivity contribution in [3.63, 3.8) is 0 Å². The Morgan fingerprint density at radius 3 is 2.08 bits per heavy atom. The van der Waals surface area contributed by atoms with Gasteiger partial charge in [-0.15, -0.1) is 0 Å². The van der Waals surface area contributed by atoms with Gasteiger partial charge >= 0.3 is 0 Å². The molecule has 25 heavy (non-hydrogen) atoms. The summed E-state index contributed by atoms with van der Waals surface area (Å²) in [6.07, 6.45) is 0.974. The molecule has 0 radical (unpaired) electrons. The van der Waals surface area contributed by atoms with Crippen molar-refractivity contribution >= 4 is 40.6 Å². The first-order valence-electron chi connectivity index (χ1n) is 7.91. The predicted octanol–water partition coefficient (Wildman–Crippen LogP) is 3.90. The number of rotatable bonds is 5. The molecule has 128 valence electrons. The van der Waals surface area contributed by atoms with Gasteiger partial charge in [0.25, 0.3) is 0 Å². The maximum atomic E-state index is 12.6. The van der Waals surface area contributed by atoms with Gasteiger partial charge in [0.2, 0.25) is 11.8 Å². The number of halogens is 1. The van der Waals surface area contributed by atoms with E-state index in [1.165, 1.54) is 6.92 Å². The van der Waals surface area contributed by atoms with Gasteiger partial charge in [0.15, 0.2) is 5.78 Å². The SMILES string of the molecule is CC(=O)c1ccc(NC(=O)C2(C(=O)Nc3ccccc3Cl)CC2)cc1. The van der Waals surface area contributed by atoms with Crippen LogP contribution in [0.15, 0.2) is 48.5 Å². The van der Waals surface area contributed by atoms with E-state index in [1.54, 1.807) is 48.5 Å². The summed E-state index contributed by atoms with van der Waals surface area (Å²) in [4.78, 5) is 36.4. The molecule has 5 nitrogen and oxygen atoms in total. The Morgan fingerprint density at radius 2 is 1.52 bits per heavy atom. The van der Waals surface area contributed by atoms with Crippen LogP contribution in [-0.2, 0) is 9.59 Å². The highest BCUT2D eigenvalue weighted by Gasteiger charge is 2.56. The molecule has 3 rings (SSSR count). The van der Waals surface area contributed by atoms with Crippen LogP contribution in [0.1, 0.15) is 30.1 Å². The van der Waals surface area contributed by atoms with Gasteiger partial charge in [-0.2, -0.15) is 0 Å². The molecule has 0 bridgehead atoms. The van der Waals surface area contributed by atoms with Crippen molar-refractivity contribution in [3.05, 3.63) is 59.1 Å². The lowest BCUT2D eigenvalue weighted by Crippen LogP contribution is -2.35. The number of hydrogen-bond donors (Lipinski definition) is 2. The van der Waals surface area contributed by atoms with Crippen molar-refractivity contribution in [1.82, 2.24) is 0 Å². The Hall–Kier alpha value is -2.66. The molecule has 1 fully saturated rings. The number of nitrogens with one attached hydrogen (secondary N) is 2. The molecule has 6 heteroatoms. The van der Waals surface area contributed by atoms with Gasteiger partial charge in [-0.3, -0.25) is 14.4 Å². The second-order valence-electron chi connectivity index (χ2n) is 6.10. The van der Waals surface area contributed by atoms with Crippen molar-refractivity contribution in [3.8, 4) is 0 Å². The van der Waals surface area contributed by atoms with E-state index in [0.717, 1.165) is 0 Å². The molecule has 0 aliphatic heterocycles. The van der Waals surface area contributed by atoms with Crippen molar-refractivity contribution in [1.29, 1.82) is 0 Å². The summed E-state index contributed by atoms with van der Waals surface area (Å²) in [6.45, 7) is 1.48. The summed E-state index contributed by atoms with van der Waals surface area (Å²) in [5.74, 6) is -0.762. The highest BCUT2D eigenvalue weighted by Crippen LogP contribution is 2.47. The van der Waals surface area contributed by atoms with E-state index in [2.05, 4.69) is 10.6 Å². The largest absolute Gasteiger partial charge is 0.325 e. The Bertz CT molecular complexity index is 842. The molecule has 0 saturated heterocycles. The van der Waals surface area contributed by atoms with Crippen molar-refractivity contribution in [2.24, 2.45) is 5.41 Å².